The van der Waals surface area contributed by atoms with Gasteiger partial charge in [0.2, 0.25) is 0 Å². The van der Waals surface area contributed by atoms with Gasteiger partial charge in [0.1, 0.15) is 47.3 Å². The largest absolute Gasteiger partial charge is 0.507 e. The zero-order valence-electron chi connectivity index (χ0n) is 18.3. The number of furan rings is 1. The molecular formula is C25H20F2N2O5. The van der Waals surface area contributed by atoms with E-state index in [1.54, 1.807) is 37.3 Å². The van der Waals surface area contributed by atoms with Crippen molar-refractivity contribution < 1.29 is 32.6 Å². The summed E-state index contributed by atoms with van der Waals surface area (Å²) >= 11 is 0. The smallest absolute Gasteiger partial charge is 0.300 e. The molecule has 1 aromatic heterocycles. The number of ketones is 1. The molecule has 1 saturated heterocycles. The van der Waals surface area contributed by atoms with Gasteiger partial charge in [-0.1, -0.05) is 0 Å². The van der Waals surface area contributed by atoms with Gasteiger partial charge in [0, 0.05) is 18.7 Å². The highest BCUT2D eigenvalue weighted by atomic mass is 19.1. The summed E-state index contributed by atoms with van der Waals surface area (Å²) in [7, 11) is 1.87. The molecule has 5 rings (SSSR count). The van der Waals surface area contributed by atoms with E-state index in [0.29, 0.717) is 36.4 Å². The van der Waals surface area contributed by atoms with E-state index in [2.05, 4.69) is 0 Å². The van der Waals surface area contributed by atoms with Crippen molar-refractivity contribution in [2.75, 3.05) is 30.0 Å². The highest BCUT2D eigenvalue weighted by molar-refractivity contribution is 6.51. The Kier molecular flexibility index (Phi) is 5.11. The Morgan fingerprint density at radius 1 is 1.06 bits per heavy atom. The van der Waals surface area contributed by atoms with Crippen molar-refractivity contribution in [3.63, 3.8) is 0 Å². The lowest BCUT2D eigenvalue weighted by Gasteiger charge is -2.28. The van der Waals surface area contributed by atoms with Gasteiger partial charge in [-0.05, 0) is 49.4 Å². The lowest BCUT2D eigenvalue weighted by molar-refractivity contribution is -0.132. The molecule has 2 aromatic carbocycles. The molecule has 1 amide bonds. The number of halogens is 2. The molecule has 34 heavy (non-hydrogen) atoms. The minimum atomic E-state index is -1.25. The van der Waals surface area contributed by atoms with Gasteiger partial charge in [-0.2, -0.15) is 0 Å². The number of hydrogen-bond acceptors (Lipinski definition) is 6. The molecule has 1 unspecified atom stereocenters. The number of hydrogen-bond donors (Lipinski definition) is 1. The maximum Gasteiger partial charge on any atom is 0.300 e. The Balaban J connectivity index is 1.70. The number of ether oxygens (including phenoxy) is 1. The fourth-order valence-electron chi connectivity index (χ4n) is 4.28. The second-order valence-corrected chi connectivity index (χ2v) is 8.17. The summed E-state index contributed by atoms with van der Waals surface area (Å²) in [5.74, 6) is -3.10. The van der Waals surface area contributed by atoms with Gasteiger partial charge in [-0.15, -0.1) is 0 Å². The summed E-state index contributed by atoms with van der Waals surface area (Å²) in [5, 5.41) is 11.2. The fraction of sp³-hybridized carbons (Fsp3) is 0.200. The predicted molar refractivity (Wildman–Crippen MR) is 120 cm³/mol. The summed E-state index contributed by atoms with van der Waals surface area (Å²) in [5.41, 5.74) is 0.420. The van der Waals surface area contributed by atoms with Crippen LogP contribution in [0.5, 0.6) is 5.75 Å². The molecule has 1 fully saturated rings. The molecule has 174 valence electrons. The first-order valence-electron chi connectivity index (χ1n) is 10.6. The van der Waals surface area contributed by atoms with E-state index in [-0.39, 0.29) is 22.6 Å². The van der Waals surface area contributed by atoms with Gasteiger partial charge < -0.3 is 19.2 Å². The molecule has 7 nitrogen and oxygen atoms in total. The number of carbonyl (C=O) groups excluding carboxylic acids is 2. The van der Waals surface area contributed by atoms with Crippen molar-refractivity contribution in [2.45, 2.75) is 13.0 Å². The molecule has 2 aliphatic rings. The van der Waals surface area contributed by atoms with E-state index < -0.39 is 35.1 Å². The highest BCUT2D eigenvalue weighted by Crippen LogP contribution is 2.44. The average Bonchev–Trinajstić information content (AvgIpc) is 3.34. The number of benzene rings is 2. The number of nitrogens with zero attached hydrogens (tertiary/aromatic N) is 2. The number of carbonyl (C=O) groups is 2. The second-order valence-electron chi connectivity index (χ2n) is 8.17. The molecular weight excluding hydrogens is 446 g/mol. The Labute approximate surface area is 193 Å². The number of Topliss-reactive ketones (excluding diaryl/α,β-unsaturated/α-hetero) is 1. The Bertz CT molecular complexity index is 1360. The van der Waals surface area contributed by atoms with Crippen LogP contribution in [0.4, 0.5) is 20.2 Å². The highest BCUT2D eigenvalue weighted by Gasteiger charge is 2.49. The number of likely N-dealkylation sites (N-methyl/N-ethyl adjacent to an activating group) is 1. The standard InChI is InChI=1S/C25H20F2N2O5/c1-13-3-7-20(34-13)22-21(23(30)14-4-8-19-18(11-14)28(2)9-10-33-19)24(31)25(32)29(22)17-6-5-15(26)12-16(17)27/h3-8,11-12,22,30H,9-10H2,1-2H3/b23-21-. The Morgan fingerprint density at radius 3 is 2.56 bits per heavy atom. The number of aliphatic hydroxyl groups excluding tert-OH is 1. The summed E-state index contributed by atoms with van der Waals surface area (Å²) in [6.07, 6.45) is 0. The number of fused-ring (bicyclic) bond motifs is 1. The van der Waals surface area contributed by atoms with Crippen LogP contribution in [-0.4, -0.2) is 37.0 Å². The fourth-order valence-corrected chi connectivity index (χ4v) is 4.28. The normalized spacial score (nSPS) is 19.4. The van der Waals surface area contributed by atoms with E-state index in [9.17, 15) is 23.5 Å². The van der Waals surface area contributed by atoms with Crippen LogP contribution >= 0.6 is 0 Å². The van der Waals surface area contributed by atoms with Crippen LogP contribution in [0.3, 0.4) is 0 Å². The number of anilines is 2. The van der Waals surface area contributed by atoms with Crippen molar-refractivity contribution in [1.82, 2.24) is 0 Å². The van der Waals surface area contributed by atoms with E-state index >= 15 is 0 Å². The SMILES string of the molecule is Cc1ccc(C2/C(=C(/O)c3ccc4c(c3)N(C)CCO4)C(=O)C(=O)N2c2ccc(F)cc2F)o1. The summed E-state index contributed by atoms with van der Waals surface area (Å²) in [6, 6.07) is 9.50. The number of aliphatic hydroxyl groups is 1. The quantitative estimate of drug-likeness (QED) is 0.352. The minimum absolute atomic E-state index is 0.153. The third-order valence-corrected chi connectivity index (χ3v) is 5.97. The maximum atomic E-state index is 14.7. The maximum absolute atomic E-state index is 14.7. The minimum Gasteiger partial charge on any atom is -0.507 e. The molecule has 1 N–H and O–H groups in total. The molecule has 0 aliphatic carbocycles. The molecule has 0 spiro atoms. The van der Waals surface area contributed by atoms with Gasteiger partial charge in [0.05, 0.1) is 23.5 Å². The molecule has 2 aliphatic heterocycles. The van der Waals surface area contributed by atoms with E-state index in [0.717, 1.165) is 17.0 Å². The van der Waals surface area contributed by atoms with Crippen LogP contribution in [0.15, 0.2) is 58.5 Å². The lowest BCUT2D eigenvalue weighted by Crippen LogP contribution is -2.30. The first-order valence-corrected chi connectivity index (χ1v) is 10.6. The average molecular weight is 466 g/mol. The monoisotopic (exact) mass is 466 g/mol. The molecule has 0 radical (unpaired) electrons. The van der Waals surface area contributed by atoms with Crippen molar-refractivity contribution in [1.29, 1.82) is 0 Å². The third kappa shape index (κ3) is 3.40. The third-order valence-electron chi connectivity index (χ3n) is 5.97. The van der Waals surface area contributed by atoms with Crippen LogP contribution in [0, 0.1) is 18.6 Å². The zero-order valence-corrected chi connectivity index (χ0v) is 18.3. The lowest BCUT2D eigenvalue weighted by atomic mass is 9.98. The number of rotatable bonds is 3. The number of aryl methyl sites for hydroxylation is 1. The van der Waals surface area contributed by atoms with Gasteiger partial charge in [-0.25, -0.2) is 8.78 Å². The molecule has 0 bridgehead atoms. The van der Waals surface area contributed by atoms with Gasteiger partial charge in [0.25, 0.3) is 11.7 Å². The predicted octanol–water partition coefficient (Wildman–Crippen LogP) is 4.32. The first-order chi connectivity index (χ1) is 16.3. The topological polar surface area (TPSA) is 83.2 Å². The van der Waals surface area contributed by atoms with E-state index in [1.807, 2.05) is 11.9 Å². The summed E-state index contributed by atoms with van der Waals surface area (Å²) in [4.78, 5) is 29.0. The van der Waals surface area contributed by atoms with Crippen molar-refractivity contribution >= 4 is 28.8 Å². The summed E-state index contributed by atoms with van der Waals surface area (Å²) in [6.45, 7) is 2.83. The Morgan fingerprint density at radius 2 is 1.85 bits per heavy atom. The van der Waals surface area contributed by atoms with E-state index in [4.69, 9.17) is 9.15 Å². The van der Waals surface area contributed by atoms with Gasteiger partial charge in [-0.3, -0.25) is 14.5 Å². The van der Waals surface area contributed by atoms with Crippen molar-refractivity contribution in [2.24, 2.45) is 0 Å². The van der Waals surface area contributed by atoms with Crippen molar-refractivity contribution in [3.8, 4) is 5.75 Å². The number of amides is 1. The summed E-state index contributed by atoms with van der Waals surface area (Å²) < 4.78 is 39.6. The van der Waals surface area contributed by atoms with Crippen LogP contribution in [0.25, 0.3) is 5.76 Å². The molecule has 1 atom stereocenters. The van der Waals surface area contributed by atoms with E-state index in [1.165, 1.54) is 0 Å². The molecule has 3 heterocycles. The molecule has 0 saturated carbocycles. The first kappa shape index (κ1) is 21.7. The van der Waals surface area contributed by atoms with Gasteiger partial charge >= 0.3 is 0 Å². The van der Waals surface area contributed by atoms with Crippen LogP contribution in [-0.2, 0) is 9.59 Å². The van der Waals surface area contributed by atoms with Crippen molar-refractivity contribution in [3.05, 3.63) is 82.8 Å². The van der Waals surface area contributed by atoms with Gasteiger partial charge in [0.15, 0.2) is 0 Å². The van der Waals surface area contributed by atoms with Crippen LogP contribution in [0.1, 0.15) is 23.1 Å². The second kappa shape index (κ2) is 8.02. The van der Waals surface area contributed by atoms with Crippen LogP contribution < -0.4 is 14.5 Å². The zero-order chi connectivity index (χ0) is 24.1. The molecule has 9 heteroatoms. The molecule has 3 aromatic rings. The van der Waals surface area contributed by atoms with Crippen LogP contribution in [0.2, 0.25) is 0 Å². The Hall–Kier alpha value is -4.14.